The summed E-state index contributed by atoms with van der Waals surface area (Å²) in [6, 6.07) is 75.7. The molecular weight excluding hydrogens is 1350 g/mol. The summed E-state index contributed by atoms with van der Waals surface area (Å²) in [6.07, 6.45) is 47.1. The summed E-state index contributed by atoms with van der Waals surface area (Å²) in [6.45, 7) is 19.9. The van der Waals surface area contributed by atoms with Crippen molar-refractivity contribution in [2.75, 3.05) is 0 Å². The summed E-state index contributed by atoms with van der Waals surface area (Å²) in [5.74, 6) is 0.242. The lowest BCUT2D eigenvalue weighted by atomic mass is 9.68. The fourth-order valence-corrected chi connectivity index (χ4v) is 23.5. The number of nitrogens with zero attached hydrogens (tertiary/aromatic N) is 2. The molecule has 13 aromatic rings. The first-order valence-electron chi connectivity index (χ1n) is 44.8. The number of hydrogen-bond donors (Lipinski definition) is 0. The van der Waals surface area contributed by atoms with Gasteiger partial charge in [-0.25, -0.2) is 0 Å². The molecule has 2 nitrogen and oxygen atoms in total. The van der Waals surface area contributed by atoms with E-state index in [1.165, 1.54) is 312 Å². The molecule has 568 valence electrons. The Labute approximate surface area is 668 Å². The zero-order chi connectivity index (χ0) is 76.0. The van der Waals surface area contributed by atoms with Gasteiger partial charge in [-0.05, 0) is 226 Å². The minimum atomic E-state index is -0.280. The van der Waals surface area contributed by atoms with Crippen LogP contribution in [-0.4, -0.2) is 9.13 Å². The predicted octanol–water partition coefficient (Wildman–Crippen LogP) is 32.3. The highest BCUT2D eigenvalue weighted by Crippen LogP contribution is 2.67. The Kier molecular flexibility index (Phi) is 19.3. The standard InChI is InChI=1S/C110H118N2/c1-9-13-17-21-25-41-61-109(62-42-26-22-18-14-10-2)91-67-86-84-66-90-88(104-80-52-36-34-50-78(80)102(72-96(104)108(90,7)8)112-98-56-40-38-54-82(98)106-76-48-32-30-46-74(76)58-60-100(106)112)70-94(84)110(63-43-27-23-19-15-11-3,64-44-28-24-20-16-12-4)92(86)68-85(91)83-65-89-87(69-93(83)109)103-79-51-35-33-49-77(79)101(71-95(103)107(89,5)6)111-97-55-39-37-53-81(97)105-75-47-31-29-45-73(75)57-59-99(105)111/h29-40,45-51,53-60,65-72,80H,9-28,41-44,52,61-64H2,1-8H3. The number of para-hydroxylation sites is 2. The highest BCUT2D eigenvalue weighted by molar-refractivity contribution is 6.24. The van der Waals surface area contributed by atoms with Crippen molar-refractivity contribution in [2.45, 2.75) is 263 Å². The molecule has 0 N–H and O–H groups in total. The first-order chi connectivity index (χ1) is 54.9. The second-order valence-electron chi connectivity index (χ2n) is 36.4. The third-order valence-corrected chi connectivity index (χ3v) is 29.2. The molecule has 2 heteroatoms. The Morgan fingerprint density at radius 3 is 1.22 bits per heavy atom. The Bertz CT molecular complexity index is 5980. The third-order valence-electron chi connectivity index (χ3n) is 29.2. The Morgan fingerprint density at radius 1 is 0.330 bits per heavy atom. The van der Waals surface area contributed by atoms with E-state index in [0.29, 0.717) is 0 Å². The van der Waals surface area contributed by atoms with Crippen LogP contribution in [0, 0.1) is 5.92 Å². The zero-order valence-corrected chi connectivity index (χ0v) is 68.7. The van der Waals surface area contributed by atoms with Crippen LogP contribution in [0.1, 0.15) is 286 Å². The largest absolute Gasteiger partial charge is 0.309 e. The van der Waals surface area contributed by atoms with E-state index in [4.69, 9.17) is 0 Å². The first-order valence-corrected chi connectivity index (χ1v) is 44.8. The lowest BCUT2D eigenvalue weighted by Crippen LogP contribution is -2.27. The smallest absolute Gasteiger partial charge is 0.0547 e. The van der Waals surface area contributed by atoms with Gasteiger partial charge in [-0.1, -0.05) is 349 Å². The van der Waals surface area contributed by atoms with Crippen LogP contribution in [0.15, 0.2) is 224 Å². The van der Waals surface area contributed by atoms with Crippen molar-refractivity contribution in [3.63, 3.8) is 0 Å². The maximum atomic E-state index is 2.96. The molecule has 6 aliphatic carbocycles. The molecule has 19 rings (SSSR count). The Balaban J connectivity index is 0.825. The molecule has 11 aromatic carbocycles. The van der Waals surface area contributed by atoms with Gasteiger partial charge in [0.1, 0.15) is 0 Å². The SMILES string of the molecule is CCCCCCCCC1(CCCCCCCC)c2cc3c(cc2-c2cc4c(cc21)-c1cc2c(cc1C4(CCCCCCCC)CCCCCCCC)-c1c(cc(-n4c5ccccc5c5c6ccccc6ccc54)c4ccccc14)C2(C)C)C(C)(C)C1=C3C2CC=CC=C2C(n2c3ccccc3c3c4ccccc4ccc32)=C1. The average Bonchev–Trinajstić information content (AvgIpc) is 1.51. The zero-order valence-electron chi connectivity index (χ0n) is 68.7. The van der Waals surface area contributed by atoms with Gasteiger partial charge in [0.2, 0.25) is 0 Å². The monoisotopic (exact) mass is 1470 g/mol. The topological polar surface area (TPSA) is 9.86 Å². The van der Waals surface area contributed by atoms with Gasteiger partial charge < -0.3 is 9.13 Å². The second-order valence-corrected chi connectivity index (χ2v) is 36.4. The molecule has 0 bridgehead atoms. The molecule has 2 aromatic heterocycles. The third kappa shape index (κ3) is 11.5. The first kappa shape index (κ1) is 73.0. The quantitative estimate of drug-likeness (QED) is 0.0397. The molecular formula is C110H118N2. The minimum Gasteiger partial charge on any atom is -0.309 e. The molecule has 6 aliphatic rings. The van der Waals surface area contributed by atoms with Gasteiger partial charge in [-0.2, -0.15) is 0 Å². The molecule has 0 radical (unpaired) electrons. The van der Waals surface area contributed by atoms with Crippen molar-refractivity contribution in [3.8, 4) is 39.1 Å². The van der Waals surface area contributed by atoms with E-state index in [-0.39, 0.29) is 27.6 Å². The molecule has 0 amide bonds. The molecule has 112 heavy (non-hydrogen) atoms. The van der Waals surface area contributed by atoms with Gasteiger partial charge in [0.25, 0.3) is 0 Å². The van der Waals surface area contributed by atoms with Gasteiger partial charge in [0, 0.05) is 54.5 Å². The molecule has 2 heterocycles. The highest BCUT2D eigenvalue weighted by atomic mass is 15.0. The van der Waals surface area contributed by atoms with Crippen LogP contribution in [0.2, 0.25) is 0 Å². The van der Waals surface area contributed by atoms with Crippen LogP contribution in [-0.2, 0) is 21.7 Å². The van der Waals surface area contributed by atoms with Gasteiger partial charge in [0.15, 0.2) is 0 Å². The Morgan fingerprint density at radius 2 is 0.723 bits per heavy atom. The fraction of sp³-hybridized carbons (Fsp3) is 0.382. The van der Waals surface area contributed by atoms with Crippen molar-refractivity contribution in [2.24, 2.45) is 5.92 Å². The molecule has 1 unspecified atom stereocenters. The molecule has 0 saturated heterocycles. The van der Waals surface area contributed by atoms with Crippen molar-refractivity contribution in [3.05, 3.63) is 268 Å². The lowest BCUT2D eigenvalue weighted by molar-refractivity contribution is 0.394. The molecule has 1 atom stereocenters. The lowest BCUT2D eigenvalue weighted by Gasteiger charge is -2.35. The number of rotatable bonds is 30. The summed E-state index contributed by atoms with van der Waals surface area (Å²) in [4.78, 5) is 0. The van der Waals surface area contributed by atoms with Crippen LogP contribution in [0.4, 0.5) is 0 Å². The number of hydrogen-bond acceptors (Lipinski definition) is 0. The average molecular weight is 1470 g/mol. The van der Waals surface area contributed by atoms with Crippen LogP contribution < -0.4 is 0 Å². The predicted molar refractivity (Wildman–Crippen MR) is 484 cm³/mol. The van der Waals surface area contributed by atoms with Crippen LogP contribution >= 0.6 is 0 Å². The molecule has 0 saturated carbocycles. The Hall–Kier alpha value is -9.24. The summed E-state index contributed by atoms with van der Waals surface area (Å²) in [5.41, 5.74) is 33.3. The summed E-state index contributed by atoms with van der Waals surface area (Å²) < 4.78 is 5.30. The number of allylic oxidation sites excluding steroid dienone is 8. The summed E-state index contributed by atoms with van der Waals surface area (Å²) in [5, 5.41) is 13.3. The van der Waals surface area contributed by atoms with Gasteiger partial charge in [0.05, 0.1) is 33.5 Å². The van der Waals surface area contributed by atoms with Crippen LogP contribution in [0.25, 0.3) is 126 Å². The molecule has 0 fully saturated rings. The maximum Gasteiger partial charge on any atom is 0.0547 e. The van der Waals surface area contributed by atoms with Crippen LogP contribution in [0.3, 0.4) is 0 Å². The normalized spacial score (nSPS) is 16.9. The highest BCUT2D eigenvalue weighted by Gasteiger charge is 2.52. The number of benzene rings is 11. The van der Waals surface area contributed by atoms with Crippen LogP contribution in [0.5, 0.6) is 0 Å². The van der Waals surface area contributed by atoms with Crippen molar-refractivity contribution >= 4 is 87.2 Å². The van der Waals surface area contributed by atoms with E-state index in [1.807, 2.05) is 0 Å². The summed E-state index contributed by atoms with van der Waals surface area (Å²) >= 11 is 0. The van der Waals surface area contributed by atoms with E-state index in [0.717, 1.165) is 6.42 Å². The number of fused-ring (bicyclic) bond motifs is 25. The molecule has 0 aliphatic heterocycles. The molecule has 0 spiro atoms. The van der Waals surface area contributed by atoms with E-state index < -0.39 is 0 Å². The van der Waals surface area contributed by atoms with Crippen molar-refractivity contribution < 1.29 is 0 Å². The number of unbranched alkanes of at least 4 members (excludes halogenated alkanes) is 20. The summed E-state index contributed by atoms with van der Waals surface area (Å²) in [7, 11) is 0. The van der Waals surface area contributed by atoms with E-state index in [1.54, 1.807) is 50.1 Å². The maximum absolute atomic E-state index is 2.96. The van der Waals surface area contributed by atoms with E-state index in [2.05, 4.69) is 277 Å². The van der Waals surface area contributed by atoms with Gasteiger partial charge in [-0.3, -0.25) is 0 Å². The fourth-order valence-electron chi connectivity index (χ4n) is 23.5. The van der Waals surface area contributed by atoms with Gasteiger partial charge >= 0.3 is 0 Å². The second kappa shape index (κ2) is 29.6. The number of aromatic nitrogens is 2. The van der Waals surface area contributed by atoms with E-state index >= 15 is 0 Å². The van der Waals surface area contributed by atoms with E-state index in [9.17, 15) is 0 Å². The van der Waals surface area contributed by atoms with Crippen molar-refractivity contribution in [1.82, 2.24) is 9.13 Å². The van der Waals surface area contributed by atoms with Crippen molar-refractivity contribution in [1.29, 1.82) is 0 Å². The minimum absolute atomic E-state index is 0.130. The van der Waals surface area contributed by atoms with Gasteiger partial charge in [-0.15, -0.1) is 0 Å².